The van der Waals surface area contributed by atoms with Gasteiger partial charge in [-0.15, -0.1) is 0 Å². The quantitative estimate of drug-likeness (QED) is 0.759. The Bertz CT molecular complexity index is 373. The van der Waals surface area contributed by atoms with Gasteiger partial charge < -0.3 is 10.1 Å². The Kier molecular flexibility index (Phi) is 2.69. The highest BCUT2D eigenvalue weighted by molar-refractivity contribution is 6.32. The molecule has 1 aliphatic heterocycles. The zero-order valence-corrected chi connectivity index (χ0v) is 8.17. The molecule has 2 N–H and O–H groups in total. The van der Waals surface area contributed by atoms with Crippen LogP contribution in [0.25, 0.3) is 0 Å². The van der Waals surface area contributed by atoms with Crippen molar-refractivity contribution in [3.05, 3.63) is 21.6 Å². The van der Waals surface area contributed by atoms with E-state index < -0.39 is 0 Å². The number of hydrogen-bond acceptors (Lipinski definition) is 4. The largest absolute Gasteiger partial charge is 0.379 e. The zero-order chi connectivity index (χ0) is 9.97. The van der Waals surface area contributed by atoms with E-state index in [1.807, 2.05) is 0 Å². The van der Waals surface area contributed by atoms with Gasteiger partial charge >= 0.3 is 0 Å². The molecule has 1 aliphatic rings. The van der Waals surface area contributed by atoms with E-state index in [9.17, 15) is 4.79 Å². The summed E-state index contributed by atoms with van der Waals surface area (Å²) in [5.74, 6) is 0. The Morgan fingerprint density at radius 1 is 1.71 bits per heavy atom. The first-order valence-electron chi connectivity index (χ1n) is 4.35. The molecule has 0 bridgehead atoms. The number of hydrogen-bond donors (Lipinski definition) is 2. The Hall–Kier alpha value is -1.07. The highest BCUT2D eigenvalue weighted by Crippen LogP contribution is 2.18. The fourth-order valence-electron chi connectivity index (χ4n) is 1.35. The summed E-state index contributed by atoms with van der Waals surface area (Å²) in [4.78, 5) is 11.1. The second-order valence-electron chi connectivity index (χ2n) is 3.13. The predicted octanol–water partition coefficient (Wildman–Crippen LogP) is 0.624. The first-order valence-corrected chi connectivity index (χ1v) is 4.72. The molecule has 1 unspecified atom stereocenters. The van der Waals surface area contributed by atoms with Gasteiger partial charge in [-0.25, -0.2) is 5.10 Å². The molecule has 0 amide bonds. The molecule has 2 heterocycles. The van der Waals surface area contributed by atoms with E-state index >= 15 is 0 Å². The van der Waals surface area contributed by atoms with Gasteiger partial charge in [-0.1, -0.05) is 11.6 Å². The van der Waals surface area contributed by atoms with Gasteiger partial charge in [-0.3, -0.25) is 4.79 Å². The van der Waals surface area contributed by atoms with Gasteiger partial charge in [0.15, 0.2) is 0 Å². The molecule has 1 fully saturated rings. The molecule has 0 aliphatic carbocycles. The highest BCUT2D eigenvalue weighted by Gasteiger charge is 2.16. The summed E-state index contributed by atoms with van der Waals surface area (Å²) in [5, 5.41) is 9.17. The summed E-state index contributed by atoms with van der Waals surface area (Å²) in [6.45, 7) is 1.38. The molecule has 1 atom stereocenters. The normalized spacial score (nSPS) is 21.1. The number of aromatic amines is 1. The third-order valence-electron chi connectivity index (χ3n) is 2.08. The SMILES string of the molecule is O=c1[nH]ncc(NC2CCOC2)c1Cl. The lowest BCUT2D eigenvalue weighted by Gasteiger charge is -2.11. The summed E-state index contributed by atoms with van der Waals surface area (Å²) >= 11 is 5.78. The molecule has 76 valence electrons. The second kappa shape index (κ2) is 3.98. The van der Waals surface area contributed by atoms with Crippen LogP contribution < -0.4 is 10.9 Å². The third kappa shape index (κ3) is 1.88. The van der Waals surface area contributed by atoms with E-state index in [1.165, 1.54) is 6.20 Å². The average Bonchev–Trinajstić information content (AvgIpc) is 2.66. The van der Waals surface area contributed by atoms with Gasteiger partial charge in [-0.2, -0.15) is 5.10 Å². The van der Waals surface area contributed by atoms with Crippen molar-refractivity contribution in [1.82, 2.24) is 10.2 Å². The first-order chi connectivity index (χ1) is 6.77. The monoisotopic (exact) mass is 215 g/mol. The van der Waals surface area contributed by atoms with E-state index in [-0.39, 0.29) is 16.6 Å². The van der Waals surface area contributed by atoms with Crippen molar-refractivity contribution in [2.75, 3.05) is 18.5 Å². The molecule has 1 aromatic heterocycles. The van der Waals surface area contributed by atoms with Crippen molar-refractivity contribution in [2.24, 2.45) is 0 Å². The van der Waals surface area contributed by atoms with Gasteiger partial charge in [0, 0.05) is 6.61 Å². The van der Waals surface area contributed by atoms with Crippen LogP contribution in [-0.2, 0) is 4.74 Å². The van der Waals surface area contributed by atoms with Crippen LogP contribution in [0.4, 0.5) is 5.69 Å². The number of halogens is 1. The van der Waals surface area contributed by atoms with Gasteiger partial charge in [-0.05, 0) is 6.42 Å². The molecular weight excluding hydrogens is 206 g/mol. The molecule has 5 nitrogen and oxygen atoms in total. The third-order valence-corrected chi connectivity index (χ3v) is 2.46. The topological polar surface area (TPSA) is 67.0 Å². The van der Waals surface area contributed by atoms with Crippen LogP contribution in [0.1, 0.15) is 6.42 Å². The lowest BCUT2D eigenvalue weighted by Crippen LogP contribution is -2.21. The van der Waals surface area contributed by atoms with Gasteiger partial charge in [0.1, 0.15) is 5.02 Å². The van der Waals surface area contributed by atoms with Crippen LogP contribution >= 0.6 is 11.6 Å². The van der Waals surface area contributed by atoms with Crippen LogP contribution in [0.15, 0.2) is 11.0 Å². The summed E-state index contributed by atoms with van der Waals surface area (Å²) in [7, 11) is 0. The standard InChI is InChI=1S/C8H10ClN3O2/c9-7-6(3-10-12-8(7)13)11-5-1-2-14-4-5/h3,5H,1-2,4H2,(H2,11,12,13). The summed E-state index contributed by atoms with van der Waals surface area (Å²) in [6.07, 6.45) is 2.42. The molecule has 0 saturated carbocycles. The van der Waals surface area contributed by atoms with E-state index in [1.54, 1.807) is 0 Å². The minimum Gasteiger partial charge on any atom is -0.379 e. The van der Waals surface area contributed by atoms with Crippen molar-refractivity contribution in [3.63, 3.8) is 0 Å². The van der Waals surface area contributed by atoms with Crippen molar-refractivity contribution in [3.8, 4) is 0 Å². The van der Waals surface area contributed by atoms with Crippen molar-refractivity contribution < 1.29 is 4.74 Å². The maximum atomic E-state index is 11.1. The number of nitrogens with one attached hydrogen (secondary N) is 2. The maximum absolute atomic E-state index is 11.1. The zero-order valence-electron chi connectivity index (χ0n) is 7.42. The minimum absolute atomic E-state index is 0.145. The number of rotatable bonds is 2. The van der Waals surface area contributed by atoms with Crippen LogP contribution in [-0.4, -0.2) is 29.5 Å². The Morgan fingerprint density at radius 3 is 3.29 bits per heavy atom. The maximum Gasteiger partial charge on any atom is 0.285 e. The summed E-state index contributed by atoms with van der Waals surface area (Å²) in [5.41, 5.74) is 0.182. The lowest BCUT2D eigenvalue weighted by atomic mass is 10.2. The molecule has 0 aromatic carbocycles. The van der Waals surface area contributed by atoms with E-state index in [0.29, 0.717) is 12.3 Å². The molecule has 0 radical (unpaired) electrons. The smallest absolute Gasteiger partial charge is 0.285 e. The van der Waals surface area contributed by atoms with Crippen LogP contribution in [0, 0.1) is 0 Å². The number of ether oxygens (including phenoxy) is 1. The number of H-pyrrole nitrogens is 1. The Balaban J connectivity index is 2.15. The van der Waals surface area contributed by atoms with E-state index in [2.05, 4.69) is 15.5 Å². The van der Waals surface area contributed by atoms with Crippen LogP contribution in [0.3, 0.4) is 0 Å². The number of nitrogens with zero attached hydrogens (tertiary/aromatic N) is 1. The van der Waals surface area contributed by atoms with Crippen molar-refractivity contribution in [1.29, 1.82) is 0 Å². The summed E-state index contributed by atoms with van der Waals surface area (Å²) < 4.78 is 5.19. The second-order valence-corrected chi connectivity index (χ2v) is 3.51. The minimum atomic E-state index is -0.379. The first kappa shape index (κ1) is 9.48. The van der Waals surface area contributed by atoms with Gasteiger partial charge in [0.2, 0.25) is 0 Å². The average molecular weight is 216 g/mol. The molecule has 1 saturated heterocycles. The predicted molar refractivity (Wildman–Crippen MR) is 52.7 cm³/mol. The molecule has 1 aromatic rings. The Labute approximate surface area is 85.4 Å². The number of anilines is 1. The highest BCUT2D eigenvalue weighted by atomic mass is 35.5. The fraction of sp³-hybridized carbons (Fsp3) is 0.500. The molecule has 0 spiro atoms. The van der Waals surface area contributed by atoms with Gasteiger partial charge in [0.25, 0.3) is 5.56 Å². The van der Waals surface area contributed by atoms with Crippen LogP contribution in [0.2, 0.25) is 5.02 Å². The molecule has 2 rings (SSSR count). The van der Waals surface area contributed by atoms with Crippen molar-refractivity contribution >= 4 is 17.3 Å². The van der Waals surface area contributed by atoms with Crippen LogP contribution in [0.5, 0.6) is 0 Å². The Morgan fingerprint density at radius 2 is 2.57 bits per heavy atom. The molecule has 14 heavy (non-hydrogen) atoms. The molecular formula is C8H10ClN3O2. The van der Waals surface area contributed by atoms with E-state index in [0.717, 1.165) is 13.0 Å². The fourth-order valence-corrected chi connectivity index (χ4v) is 1.50. The lowest BCUT2D eigenvalue weighted by molar-refractivity contribution is 0.195. The molecule has 6 heteroatoms. The summed E-state index contributed by atoms with van der Waals surface area (Å²) in [6, 6.07) is 0.219. The number of aromatic nitrogens is 2. The van der Waals surface area contributed by atoms with Crippen molar-refractivity contribution in [2.45, 2.75) is 12.5 Å². The van der Waals surface area contributed by atoms with E-state index in [4.69, 9.17) is 16.3 Å². The van der Waals surface area contributed by atoms with Gasteiger partial charge in [0.05, 0.1) is 24.5 Å².